The van der Waals surface area contributed by atoms with Crippen molar-refractivity contribution < 1.29 is 9.13 Å². The van der Waals surface area contributed by atoms with Crippen LogP contribution in [0.25, 0.3) is 5.69 Å². The van der Waals surface area contributed by atoms with E-state index in [9.17, 15) is 4.39 Å². The Labute approximate surface area is 109 Å². The monoisotopic (exact) mass is 269 g/mol. The molecule has 0 bridgehead atoms. The number of hydrogen-bond acceptors (Lipinski definition) is 3. The van der Waals surface area contributed by atoms with Crippen LogP contribution in [0.5, 0.6) is 5.75 Å². The molecule has 0 aliphatic carbocycles. The Morgan fingerprint density at radius 1 is 1.50 bits per heavy atom. The first-order valence-corrected chi connectivity index (χ1v) is 5.84. The average molecular weight is 270 g/mol. The van der Waals surface area contributed by atoms with Crippen LogP contribution in [0, 0.1) is 12.7 Å². The minimum absolute atomic E-state index is 0.144. The number of aryl methyl sites for hydroxylation is 1. The number of halogens is 2. The van der Waals surface area contributed by atoms with E-state index in [0.717, 1.165) is 0 Å². The predicted octanol–water partition coefficient (Wildman–Crippen LogP) is 2.95. The molecule has 2 rings (SSSR count). The zero-order valence-corrected chi connectivity index (χ0v) is 10.8. The molecule has 1 aromatic heterocycles. The van der Waals surface area contributed by atoms with Crippen LogP contribution >= 0.6 is 11.6 Å². The quantitative estimate of drug-likeness (QED) is 0.872. The topological polar surface area (TPSA) is 53.1 Å². The molecule has 1 heterocycles. The second kappa shape index (κ2) is 4.86. The third-order valence-electron chi connectivity index (χ3n) is 2.47. The lowest BCUT2D eigenvalue weighted by molar-refractivity contribution is 0.321. The van der Waals surface area contributed by atoms with Gasteiger partial charge in [0.2, 0.25) is 0 Å². The van der Waals surface area contributed by atoms with E-state index in [0.29, 0.717) is 23.0 Å². The smallest absolute Gasteiger partial charge is 0.167 e. The number of anilines is 1. The van der Waals surface area contributed by atoms with Crippen LogP contribution < -0.4 is 10.5 Å². The van der Waals surface area contributed by atoms with Crippen molar-refractivity contribution in [2.75, 3.05) is 12.3 Å². The number of aromatic nitrogens is 2. The van der Waals surface area contributed by atoms with Crippen molar-refractivity contribution in [3.8, 4) is 11.4 Å². The Morgan fingerprint density at radius 2 is 2.22 bits per heavy atom. The van der Waals surface area contributed by atoms with Gasteiger partial charge in [-0.3, -0.25) is 0 Å². The maximum atomic E-state index is 13.6. The van der Waals surface area contributed by atoms with Gasteiger partial charge in [0.25, 0.3) is 0 Å². The summed E-state index contributed by atoms with van der Waals surface area (Å²) < 4.78 is 20.3. The van der Waals surface area contributed by atoms with Crippen molar-refractivity contribution in [2.45, 2.75) is 13.8 Å². The van der Waals surface area contributed by atoms with Gasteiger partial charge in [0.1, 0.15) is 0 Å². The summed E-state index contributed by atoms with van der Waals surface area (Å²) in [5, 5.41) is 4.72. The molecule has 0 saturated carbocycles. The van der Waals surface area contributed by atoms with Gasteiger partial charge >= 0.3 is 0 Å². The van der Waals surface area contributed by atoms with E-state index in [4.69, 9.17) is 22.1 Å². The zero-order chi connectivity index (χ0) is 13.3. The molecule has 0 spiro atoms. The average Bonchev–Trinajstić information content (AvgIpc) is 2.63. The van der Waals surface area contributed by atoms with Gasteiger partial charge in [0.05, 0.1) is 28.7 Å². The fraction of sp³-hybridized carbons (Fsp3) is 0.250. The zero-order valence-electron chi connectivity index (χ0n) is 10.1. The Morgan fingerprint density at radius 3 is 2.78 bits per heavy atom. The van der Waals surface area contributed by atoms with Crippen LogP contribution in [-0.2, 0) is 0 Å². The van der Waals surface area contributed by atoms with E-state index in [1.165, 1.54) is 16.8 Å². The van der Waals surface area contributed by atoms with Crippen LogP contribution in [0.2, 0.25) is 5.02 Å². The van der Waals surface area contributed by atoms with Crippen molar-refractivity contribution in [1.82, 2.24) is 9.78 Å². The molecule has 0 aliphatic heterocycles. The summed E-state index contributed by atoms with van der Waals surface area (Å²) in [7, 11) is 0. The summed E-state index contributed by atoms with van der Waals surface area (Å²) in [6.45, 7) is 3.94. The van der Waals surface area contributed by atoms with Crippen LogP contribution in [0.15, 0.2) is 18.3 Å². The SMILES string of the molecule is CCOc1cc(-n2cc(Cl)c(C)n2)c(N)cc1F. The Bertz CT molecular complexity index is 563. The lowest BCUT2D eigenvalue weighted by Gasteiger charge is -2.10. The van der Waals surface area contributed by atoms with Gasteiger partial charge in [-0.05, 0) is 13.8 Å². The van der Waals surface area contributed by atoms with Crippen molar-refractivity contribution in [2.24, 2.45) is 0 Å². The van der Waals surface area contributed by atoms with Crippen LogP contribution in [-0.4, -0.2) is 16.4 Å². The standard InChI is InChI=1S/C12H13ClFN3O/c1-3-18-12-5-11(10(15)4-9(12)14)17-6-8(13)7(2)16-17/h4-6H,3,15H2,1-2H3. The summed E-state index contributed by atoms with van der Waals surface area (Å²) in [6, 6.07) is 2.72. The first-order valence-electron chi connectivity index (χ1n) is 5.47. The van der Waals surface area contributed by atoms with E-state index < -0.39 is 5.82 Å². The maximum absolute atomic E-state index is 13.6. The molecular formula is C12H13ClFN3O. The predicted molar refractivity (Wildman–Crippen MR) is 68.9 cm³/mol. The highest BCUT2D eigenvalue weighted by Gasteiger charge is 2.12. The molecule has 0 amide bonds. The number of benzene rings is 1. The number of hydrogen-bond donors (Lipinski definition) is 1. The third kappa shape index (κ3) is 2.26. The van der Waals surface area contributed by atoms with Crippen molar-refractivity contribution in [1.29, 1.82) is 0 Å². The van der Waals surface area contributed by atoms with Gasteiger partial charge in [-0.25, -0.2) is 9.07 Å². The molecule has 6 heteroatoms. The summed E-state index contributed by atoms with van der Waals surface area (Å²) in [6.07, 6.45) is 1.62. The third-order valence-corrected chi connectivity index (χ3v) is 2.84. The van der Waals surface area contributed by atoms with E-state index in [2.05, 4.69) is 5.10 Å². The Kier molecular flexibility index (Phi) is 3.43. The largest absolute Gasteiger partial charge is 0.491 e. The summed E-state index contributed by atoms with van der Waals surface area (Å²) in [5.41, 5.74) is 7.27. The summed E-state index contributed by atoms with van der Waals surface area (Å²) in [5.74, 6) is -0.348. The van der Waals surface area contributed by atoms with Crippen LogP contribution in [0.3, 0.4) is 0 Å². The van der Waals surface area contributed by atoms with Gasteiger partial charge in [0.15, 0.2) is 11.6 Å². The number of ether oxygens (including phenoxy) is 1. The van der Waals surface area contributed by atoms with Gasteiger partial charge < -0.3 is 10.5 Å². The maximum Gasteiger partial charge on any atom is 0.167 e. The normalized spacial score (nSPS) is 10.7. The van der Waals surface area contributed by atoms with E-state index in [1.807, 2.05) is 0 Å². The Balaban J connectivity index is 2.53. The van der Waals surface area contributed by atoms with Crippen LogP contribution in [0.4, 0.5) is 10.1 Å². The lowest BCUT2D eigenvalue weighted by Crippen LogP contribution is -2.04. The molecule has 96 valence electrons. The highest BCUT2D eigenvalue weighted by atomic mass is 35.5. The van der Waals surface area contributed by atoms with Gasteiger partial charge in [-0.15, -0.1) is 0 Å². The number of nitrogens with zero attached hydrogens (tertiary/aromatic N) is 2. The molecule has 0 fully saturated rings. The van der Waals surface area contributed by atoms with E-state index in [-0.39, 0.29) is 11.4 Å². The Hall–Kier alpha value is -1.75. The fourth-order valence-corrected chi connectivity index (χ4v) is 1.72. The first-order chi connectivity index (χ1) is 8.52. The minimum atomic E-state index is -0.493. The summed E-state index contributed by atoms with van der Waals surface area (Å²) in [4.78, 5) is 0. The molecular weight excluding hydrogens is 257 g/mol. The van der Waals surface area contributed by atoms with E-state index >= 15 is 0 Å². The highest BCUT2D eigenvalue weighted by molar-refractivity contribution is 6.31. The molecule has 0 unspecified atom stereocenters. The summed E-state index contributed by atoms with van der Waals surface area (Å²) >= 11 is 5.93. The second-order valence-electron chi connectivity index (χ2n) is 3.78. The van der Waals surface area contributed by atoms with Crippen LogP contribution in [0.1, 0.15) is 12.6 Å². The van der Waals surface area contributed by atoms with Gasteiger partial charge in [-0.2, -0.15) is 5.10 Å². The first kappa shape index (κ1) is 12.7. The molecule has 1 aromatic carbocycles. The number of nitrogen functional groups attached to an aromatic ring is 1. The molecule has 0 atom stereocenters. The molecule has 4 nitrogen and oxygen atoms in total. The number of nitrogens with two attached hydrogens (primary N) is 1. The molecule has 2 aromatic rings. The van der Waals surface area contributed by atoms with Gasteiger partial charge in [-0.1, -0.05) is 11.6 Å². The molecule has 0 saturated heterocycles. The molecule has 18 heavy (non-hydrogen) atoms. The lowest BCUT2D eigenvalue weighted by atomic mass is 10.2. The minimum Gasteiger partial charge on any atom is -0.491 e. The fourth-order valence-electron chi connectivity index (χ4n) is 1.58. The van der Waals surface area contributed by atoms with Crippen molar-refractivity contribution in [3.05, 3.63) is 34.9 Å². The van der Waals surface area contributed by atoms with Crippen molar-refractivity contribution >= 4 is 17.3 Å². The molecule has 0 radical (unpaired) electrons. The second-order valence-corrected chi connectivity index (χ2v) is 4.19. The highest BCUT2D eigenvalue weighted by Crippen LogP contribution is 2.28. The van der Waals surface area contributed by atoms with Gasteiger partial charge in [0, 0.05) is 18.3 Å². The van der Waals surface area contributed by atoms with E-state index in [1.54, 1.807) is 20.0 Å². The number of rotatable bonds is 3. The van der Waals surface area contributed by atoms with Crippen molar-refractivity contribution in [3.63, 3.8) is 0 Å². The molecule has 0 aliphatic rings. The molecule has 2 N–H and O–H groups in total.